The van der Waals surface area contributed by atoms with E-state index in [4.69, 9.17) is 0 Å². The Kier molecular flexibility index (Phi) is 54.2. The summed E-state index contributed by atoms with van der Waals surface area (Å²) in [4.78, 5) is 12.5. The maximum atomic E-state index is 12.5. The number of carbonyl (C=O) groups excluding carboxylic acids is 1. The van der Waals surface area contributed by atoms with Crippen LogP contribution >= 0.6 is 0 Å². The second-order valence-electron chi connectivity index (χ2n) is 19.7. The Labute approximate surface area is 401 Å². The standard InChI is InChI=1S/C60H113NO3/c1-3-5-7-9-11-13-15-17-19-21-23-25-26-27-28-29-30-31-32-33-34-36-38-40-42-44-46-48-50-52-54-56-60(64)61-58(57-62)59(63)55-53-51-49-47-45-43-41-39-37-35-24-22-20-18-16-14-12-10-8-6-4-2/h5,7,11,13,17,19,23,25,58-59,62-63H,3-4,6,8-10,12,14-16,18,20-22,24,26-57H2,1-2H3,(H,61,64)/b7-5-,13-11-,19-17-,25-23-. The van der Waals surface area contributed by atoms with Crippen LogP contribution in [0.4, 0.5) is 0 Å². The molecular weight excluding hydrogens is 783 g/mol. The number of nitrogens with one attached hydrogen (secondary N) is 1. The summed E-state index contributed by atoms with van der Waals surface area (Å²) in [5.41, 5.74) is 0. The summed E-state index contributed by atoms with van der Waals surface area (Å²) < 4.78 is 0. The molecule has 2 atom stereocenters. The zero-order valence-corrected chi connectivity index (χ0v) is 43.3. The van der Waals surface area contributed by atoms with Crippen molar-refractivity contribution in [3.05, 3.63) is 48.6 Å². The molecule has 3 N–H and O–H groups in total. The summed E-state index contributed by atoms with van der Waals surface area (Å²) in [5.74, 6) is -0.0268. The van der Waals surface area contributed by atoms with Crippen LogP contribution in [0.2, 0.25) is 0 Å². The predicted octanol–water partition coefficient (Wildman–Crippen LogP) is 19.0. The van der Waals surface area contributed by atoms with Crippen molar-refractivity contribution < 1.29 is 15.0 Å². The van der Waals surface area contributed by atoms with E-state index >= 15 is 0 Å². The first-order valence-electron chi connectivity index (χ1n) is 28.8. The van der Waals surface area contributed by atoms with Gasteiger partial charge in [0, 0.05) is 6.42 Å². The fourth-order valence-corrected chi connectivity index (χ4v) is 9.00. The van der Waals surface area contributed by atoms with Crippen LogP contribution in [0.3, 0.4) is 0 Å². The van der Waals surface area contributed by atoms with Crippen LogP contribution in [0.15, 0.2) is 48.6 Å². The summed E-state index contributed by atoms with van der Waals surface area (Å²) >= 11 is 0. The Hall–Kier alpha value is -1.65. The van der Waals surface area contributed by atoms with Gasteiger partial charge in [0.1, 0.15) is 0 Å². The van der Waals surface area contributed by atoms with E-state index in [0.29, 0.717) is 12.8 Å². The average molecular weight is 897 g/mol. The van der Waals surface area contributed by atoms with E-state index in [-0.39, 0.29) is 12.5 Å². The van der Waals surface area contributed by atoms with E-state index in [2.05, 4.69) is 67.8 Å². The van der Waals surface area contributed by atoms with Gasteiger partial charge in [0.15, 0.2) is 0 Å². The van der Waals surface area contributed by atoms with Crippen LogP contribution in [0.1, 0.15) is 309 Å². The molecular formula is C60H113NO3. The summed E-state index contributed by atoms with van der Waals surface area (Å²) in [6.07, 6.45) is 76.8. The summed E-state index contributed by atoms with van der Waals surface area (Å²) in [7, 11) is 0. The molecule has 4 heteroatoms. The molecule has 0 aliphatic rings. The molecule has 0 aromatic heterocycles. The Morgan fingerprint density at radius 3 is 1.03 bits per heavy atom. The number of aliphatic hydroxyl groups is 2. The fourth-order valence-electron chi connectivity index (χ4n) is 9.00. The molecule has 2 unspecified atom stereocenters. The maximum Gasteiger partial charge on any atom is 0.220 e. The largest absolute Gasteiger partial charge is 0.394 e. The van der Waals surface area contributed by atoms with Crippen LogP contribution in [0.5, 0.6) is 0 Å². The molecule has 0 bridgehead atoms. The number of allylic oxidation sites excluding steroid dienone is 8. The number of amides is 1. The molecule has 0 aromatic carbocycles. The Morgan fingerprint density at radius 1 is 0.391 bits per heavy atom. The molecule has 0 saturated heterocycles. The van der Waals surface area contributed by atoms with Crippen molar-refractivity contribution in [3.8, 4) is 0 Å². The number of aliphatic hydroxyl groups excluding tert-OH is 2. The SMILES string of the molecule is CC/C=C\C/C=C\C/C=C\C/C=C\CCCCCCCCCCCCCCCCCCCCC(=O)NC(CO)C(O)CCCCCCCCCCCCCCCCCCCCCCC. The first-order valence-corrected chi connectivity index (χ1v) is 28.8. The minimum atomic E-state index is -0.660. The van der Waals surface area contributed by atoms with Gasteiger partial charge in [-0.1, -0.05) is 300 Å². The number of hydrogen-bond donors (Lipinski definition) is 3. The summed E-state index contributed by atoms with van der Waals surface area (Å²) in [6, 6.07) is -0.536. The van der Waals surface area contributed by atoms with Gasteiger partial charge in [0.2, 0.25) is 5.91 Å². The van der Waals surface area contributed by atoms with Gasteiger partial charge in [-0.3, -0.25) is 4.79 Å². The Morgan fingerprint density at radius 2 is 0.688 bits per heavy atom. The highest BCUT2D eigenvalue weighted by molar-refractivity contribution is 5.76. The molecule has 0 heterocycles. The van der Waals surface area contributed by atoms with Crippen molar-refractivity contribution in [2.24, 2.45) is 0 Å². The van der Waals surface area contributed by atoms with Crippen molar-refractivity contribution in [2.45, 2.75) is 321 Å². The van der Waals surface area contributed by atoms with E-state index in [1.807, 2.05) is 0 Å². The van der Waals surface area contributed by atoms with Crippen molar-refractivity contribution in [3.63, 3.8) is 0 Å². The van der Waals surface area contributed by atoms with Gasteiger partial charge in [-0.05, 0) is 51.4 Å². The number of carbonyl (C=O) groups is 1. The van der Waals surface area contributed by atoms with Crippen LogP contribution in [-0.2, 0) is 4.79 Å². The summed E-state index contributed by atoms with van der Waals surface area (Å²) in [6.45, 7) is 4.28. The molecule has 64 heavy (non-hydrogen) atoms. The molecule has 0 rings (SSSR count). The zero-order valence-electron chi connectivity index (χ0n) is 43.3. The van der Waals surface area contributed by atoms with Gasteiger partial charge in [-0.25, -0.2) is 0 Å². The number of rotatable bonds is 53. The third kappa shape index (κ3) is 51.3. The van der Waals surface area contributed by atoms with Gasteiger partial charge < -0.3 is 15.5 Å². The highest BCUT2D eigenvalue weighted by Gasteiger charge is 2.20. The third-order valence-corrected chi connectivity index (χ3v) is 13.4. The highest BCUT2D eigenvalue weighted by Crippen LogP contribution is 2.18. The topological polar surface area (TPSA) is 69.6 Å². The van der Waals surface area contributed by atoms with Crippen molar-refractivity contribution >= 4 is 5.91 Å². The lowest BCUT2D eigenvalue weighted by Crippen LogP contribution is -2.45. The van der Waals surface area contributed by atoms with Gasteiger partial charge in [0.05, 0.1) is 18.8 Å². The smallest absolute Gasteiger partial charge is 0.220 e. The molecule has 0 aliphatic carbocycles. The maximum absolute atomic E-state index is 12.5. The van der Waals surface area contributed by atoms with E-state index in [0.717, 1.165) is 51.4 Å². The highest BCUT2D eigenvalue weighted by atomic mass is 16.3. The molecule has 4 nitrogen and oxygen atoms in total. The lowest BCUT2D eigenvalue weighted by Gasteiger charge is -2.22. The third-order valence-electron chi connectivity index (χ3n) is 13.4. The second-order valence-corrected chi connectivity index (χ2v) is 19.7. The summed E-state index contributed by atoms with van der Waals surface area (Å²) in [5, 5.41) is 23.4. The second kappa shape index (κ2) is 55.7. The van der Waals surface area contributed by atoms with Gasteiger partial charge in [-0.15, -0.1) is 0 Å². The number of hydrogen-bond acceptors (Lipinski definition) is 3. The van der Waals surface area contributed by atoms with Crippen LogP contribution in [0, 0.1) is 0 Å². The Balaban J connectivity index is 3.43. The van der Waals surface area contributed by atoms with Crippen molar-refractivity contribution in [1.29, 1.82) is 0 Å². The van der Waals surface area contributed by atoms with Crippen molar-refractivity contribution in [1.82, 2.24) is 5.32 Å². The number of unbranched alkanes of at least 4 members (excludes halogenated alkanes) is 38. The van der Waals surface area contributed by atoms with Crippen LogP contribution in [-0.4, -0.2) is 34.9 Å². The van der Waals surface area contributed by atoms with Gasteiger partial charge >= 0.3 is 0 Å². The molecule has 1 amide bonds. The van der Waals surface area contributed by atoms with E-state index in [1.54, 1.807) is 0 Å². The minimum Gasteiger partial charge on any atom is -0.394 e. The minimum absolute atomic E-state index is 0.0268. The molecule has 0 radical (unpaired) electrons. The fraction of sp³-hybridized carbons (Fsp3) is 0.850. The van der Waals surface area contributed by atoms with E-state index in [1.165, 1.54) is 231 Å². The molecule has 0 fully saturated rings. The van der Waals surface area contributed by atoms with E-state index < -0.39 is 12.1 Å². The molecule has 376 valence electrons. The zero-order chi connectivity index (χ0) is 46.3. The predicted molar refractivity (Wildman–Crippen MR) is 285 cm³/mol. The first-order chi connectivity index (χ1) is 31.7. The molecule has 0 spiro atoms. The van der Waals surface area contributed by atoms with Gasteiger partial charge in [0.25, 0.3) is 0 Å². The monoisotopic (exact) mass is 896 g/mol. The molecule has 0 aromatic rings. The van der Waals surface area contributed by atoms with Crippen LogP contribution in [0.25, 0.3) is 0 Å². The lowest BCUT2D eigenvalue weighted by atomic mass is 10.0. The quantitative estimate of drug-likeness (QED) is 0.0421. The molecule has 0 aliphatic heterocycles. The van der Waals surface area contributed by atoms with Crippen molar-refractivity contribution in [2.75, 3.05) is 6.61 Å². The normalized spacial score (nSPS) is 13.1. The first kappa shape index (κ1) is 62.4. The van der Waals surface area contributed by atoms with Crippen LogP contribution < -0.4 is 5.32 Å². The van der Waals surface area contributed by atoms with E-state index in [9.17, 15) is 15.0 Å². The molecule has 0 saturated carbocycles. The average Bonchev–Trinajstić information content (AvgIpc) is 3.30. The Bertz CT molecular complexity index is 1020. The lowest BCUT2D eigenvalue weighted by molar-refractivity contribution is -0.123. The van der Waals surface area contributed by atoms with Gasteiger partial charge in [-0.2, -0.15) is 0 Å².